The molecule has 0 aliphatic heterocycles. The maximum absolute atomic E-state index is 11.3. The second-order valence-electron chi connectivity index (χ2n) is 3.94. The molecule has 0 bridgehead atoms. The Bertz CT molecular complexity index is 562. The van der Waals surface area contributed by atoms with E-state index in [1.54, 1.807) is 12.3 Å². The van der Waals surface area contributed by atoms with E-state index in [0.717, 1.165) is 10.5 Å². The van der Waals surface area contributed by atoms with Crippen LogP contribution in [0.3, 0.4) is 0 Å². The summed E-state index contributed by atoms with van der Waals surface area (Å²) in [6.45, 7) is 0. The molecule has 0 spiro atoms. The van der Waals surface area contributed by atoms with Gasteiger partial charge in [-0.2, -0.15) is 0 Å². The molecule has 98 valence electrons. The van der Waals surface area contributed by atoms with Gasteiger partial charge in [-0.1, -0.05) is 41.9 Å². The van der Waals surface area contributed by atoms with Crippen LogP contribution >= 0.6 is 23.4 Å². The number of rotatable bonds is 5. The maximum Gasteiger partial charge on any atom is 0.317 e. The molecule has 2 rings (SSSR count). The Morgan fingerprint density at radius 1 is 1.32 bits per heavy atom. The van der Waals surface area contributed by atoms with Crippen molar-refractivity contribution < 1.29 is 9.90 Å². The van der Waals surface area contributed by atoms with E-state index >= 15 is 0 Å². The number of pyridine rings is 1. The summed E-state index contributed by atoms with van der Waals surface area (Å²) in [4.78, 5) is 16.0. The number of thioether (sulfide) groups is 1. The number of carboxylic acid groups (broad SMARTS) is 1. The van der Waals surface area contributed by atoms with Crippen LogP contribution in [0.4, 0.5) is 0 Å². The van der Waals surface area contributed by atoms with Crippen LogP contribution in [0.5, 0.6) is 0 Å². The van der Waals surface area contributed by atoms with Gasteiger partial charge in [-0.05, 0) is 18.1 Å². The number of nitrogens with zero attached hydrogens (tertiary/aromatic N) is 1. The Hall–Kier alpha value is -1.52. The summed E-state index contributed by atoms with van der Waals surface area (Å²) in [5.74, 6) is -0.846. The van der Waals surface area contributed by atoms with Gasteiger partial charge in [0.2, 0.25) is 0 Å². The molecule has 0 radical (unpaired) electrons. The highest BCUT2D eigenvalue weighted by Gasteiger charge is 2.20. The molecule has 1 aromatic carbocycles. The molecule has 3 nitrogen and oxygen atoms in total. The first-order chi connectivity index (χ1) is 9.16. The Kier molecular flexibility index (Phi) is 4.82. The summed E-state index contributed by atoms with van der Waals surface area (Å²) in [5.41, 5.74) is 0.993. The van der Waals surface area contributed by atoms with Crippen LogP contribution in [0.2, 0.25) is 5.02 Å². The number of hydrogen-bond donors (Lipinski definition) is 1. The lowest BCUT2D eigenvalue weighted by Crippen LogP contribution is -2.19. The van der Waals surface area contributed by atoms with Crippen LogP contribution in [0, 0.1) is 0 Å². The number of carbonyl (C=O) groups is 1. The fourth-order valence-electron chi connectivity index (χ4n) is 1.62. The summed E-state index contributed by atoms with van der Waals surface area (Å²) in [7, 11) is 0. The first kappa shape index (κ1) is 13.9. The lowest BCUT2D eigenvalue weighted by Gasteiger charge is -2.12. The number of carboxylic acids is 1. The SMILES string of the molecule is O=C(O)C(Cc1ccccc1)Sc1ccncc1Cl. The quantitative estimate of drug-likeness (QED) is 0.857. The smallest absolute Gasteiger partial charge is 0.317 e. The minimum absolute atomic E-state index is 0.458. The zero-order valence-electron chi connectivity index (χ0n) is 9.99. The highest BCUT2D eigenvalue weighted by atomic mass is 35.5. The third kappa shape index (κ3) is 3.98. The second-order valence-corrected chi connectivity index (χ2v) is 5.59. The Morgan fingerprint density at radius 3 is 2.68 bits per heavy atom. The van der Waals surface area contributed by atoms with Crippen LogP contribution in [0.25, 0.3) is 0 Å². The largest absolute Gasteiger partial charge is 0.480 e. The summed E-state index contributed by atoms with van der Waals surface area (Å²) >= 11 is 7.25. The topological polar surface area (TPSA) is 50.2 Å². The van der Waals surface area contributed by atoms with E-state index in [1.165, 1.54) is 18.0 Å². The summed E-state index contributed by atoms with van der Waals surface area (Å²) in [6, 6.07) is 11.3. The lowest BCUT2D eigenvalue weighted by atomic mass is 10.1. The van der Waals surface area contributed by atoms with Gasteiger partial charge in [0.25, 0.3) is 0 Å². The van der Waals surface area contributed by atoms with Crippen molar-refractivity contribution in [1.82, 2.24) is 4.98 Å². The lowest BCUT2D eigenvalue weighted by molar-refractivity contribution is -0.136. The molecule has 1 atom stereocenters. The van der Waals surface area contributed by atoms with Crippen LogP contribution in [-0.4, -0.2) is 21.3 Å². The van der Waals surface area contributed by atoms with Crippen molar-refractivity contribution in [2.75, 3.05) is 0 Å². The van der Waals surface area contributed by atoms with Gasteiger partial charge in [-0.25, -0.2) is 0 Å². The first-order valence-corrected chi connectivity index (χ1v) is 6.95. The van der Waals surface area contributed by atoms with Crippen molar-refractivity contribution in [3.05, 3.63) is 59.4 Å². The normalized spacial score (nSPS) is 12.1. The van der Waals surface area contributed by atoms with Crippen molar-refractivity contribution in [1.29, 1.82) is 0 Å². The van der Waals surface area contributed by atoms with E-state index in [9.17, 15) is 9.90 Å². The highest BCUT2D eigenvalue weighted by Crippen LogP contribution is 2.31. The van der Waals surface area contributed by atoms with Crippen molar-refractivity contribution >= 4 is 29.3 Å². The number of aliphatic carboxylic acids is 1. The molecule has 1 heterocycles. The van der Waals surface area contributed by atoms with Crippen LogP contribution < -0.4 is 0 Å². The summed E-state index contributed by atoms with van der Waals surface area (Å²) < 4.78 is 0. The molecule has 2 aromatic rings. The molecular weight excluding hydrogens is 282 g/mol. The molecule has 1 aromatic heterocycles. The third-order valence-electron chi connectivity index (χ3n) is 2.54. The van der Waals surface area contributed by atoms with Gasteiger partial charge >= 0.3 is 5.97 Å². The second kappa shape index (κ2) is 6.59. The van der Waals surface area contributed by atoms with E-state index in [4.69, 9.17) is 11.6 Å². The van der Waals surface area contributed by atoms with Gasteiger partial charge in [0.1, 0.15) is 5.25 Å². The van der Waals surface area contributed by atoms with Crippen molar-refractivity contribution in [2.45, 2.75) is 16.6 Å². The molecule has 0 saturated carbocycles. The number of halogens is 1. The van der Waals surface area contributed by atoms with Gasteiger partial charge in [-0.3, -0.25) is 9.78 Å². The van der Waals surface area contributed by atoms with Crippen LogP contribution in [0.1, 0.15) is 5.56 Å². The maximum atomic E-state index is 11.3. The zero-order chi connectivity index (χ0) is 13.7. The fraction of sp³-hybridized carbons (Fsp3) is 0.143. The van der Waals surface area contributed by atoms with Gasteiger partial charge in [0.15, 0.2) is 0 Å². The van der Waals surface area contributed by atoms with E-state index < -0.39 is 11.2 Å². The van der Waals surface area contributed by atoms with E-state index in [-0.39, 0.29) is 0 Å². The minimum Gasteiger partial charge on any atom is -0.480 e. The van der Waals surface area contributed by atoms with Gasteiger partial charge in [0, 0.05) is 17.3 Å². The Labute approximate surface area is 120 Å². The van der Waals surface area contributed by atoms with E-state index in [2.05, 4.69) is 4.98 Å². The minimum atomic E-state index is -0.846. The number of benzene rings is 1. The van der Waals surface area contributed by atoms with Crippen molar-refractivity contribution in [2.24, 2.45) is 0 Å². The molecule has 0 amide bonds. The molecule has 1 unspecified atom stereocenters. The number of hydrogen-bond acceptors (Lipinski definition) is 3. The standard InChI is InChI=1S/C14H12ClNO2S/c15-11-9-16-7-6-12(11)19-13(14(17)18)8-10-4-2-1-3-5-10/h1-7,9,13H,8H2,(H,17,18). The van der Waals surface area contributed by atoms with Crippen LogP contribution in [-0.2, 0) is 11.2 Å². The zero-order valence-corrected chi connectivity index (χ0v) is 11.6. The molecule has 1 N–H and O–H groups in total. The summed E-state index contributed by atoms with van der Waals surface area (Å²) in [6.07, 6.45) is 3.58. The molecular formula is C14H12ClNO2S. The molecule has 5 heteroatoms. The van der Waals surface area contributed by atoms with Crippen LogP contribution in [0.15, 0.2) is 53.7 Å². The van der Waals surface area contributed by atoms with Crippen molar-refractivity contribution in [3.8, 4) is 0 Å². The predicted octanol–water partition coefficient (Wildman–Crippen LogP) is 3.52. The molecule has 0 fully saturated rings. The van der Waals surface area contributed by atoms with E-state index in [0.29, 0.717) is 11.4 Å². The predicted molar refractivity (Wildman–Crippen MR) is 76.7 cm³/mol. The van der Waals surface area contributed by atoms with Crippen molar-refractivity contribution in [3.63, 3.8) is 0 Å². The Balaban J connectivity index is 2.13. The fourth-order valence-corrected chi connectivity index (χ4v) is 2.86. The average Bonchev–Trinajstić information content (AvgIpc) is 2.41. The molecule has 19 heavy (non-hydrogen) atoms. The molecule has 0 aliphatic rings. The first-order valence-electron chi connectivity index (χ1n) is 5.69. The third-order valence-corrected chi connectivity index (χ3v) is 4.22. The van der Waals surface area contributed by atoms with Gasteiger partial charge < -0.3 is 5.11 Å². The monoisotopic (exact) mass is 293 g/mol. The highest BCUT2D eigenvalue weighted by molar-refractivity contribution is 8.00. The molecule has 0 aliphatic carbocycles. The Morgan fingerprint density at radius 2 is 2.05 bits per heavy atom. The van der Waals surface area contributed by atoms with E-state index in [1.807, 2.05) is 30.3 Å². The van der Waals surface area contributed by atoms with Gasteiger partial charge in [-0.15, -0.1) is 11.8 Å². The summed E-state index contributed by atoms with van der Waals surface area (Å²) in [5, 5.41) is 9.22. The average molecular weight is 294 g/mol. The molecule has 0 saturated heterocycles. The number of aromatic nitrogens is 1. The van der Waals surface area contributed by atoms with Gasteiger partial charge in [0.05, 0.1) is 5.02 Å².